The average molecular weight is 295 g/mol. The summed E-state index contributed by atoms with van der Waals surface area (Å²) in [4.78, 5) is 13.5. The summed E-state index contributed by atoms with van der Waals surface area (Å²) >= 11 is 0. The van der Waals surface area contributed by atoms with E-state index in [0.717, 1.165) is 32.8 Å². The summed E-state index contributed by atoms with van der Waals surface area (Å²) in [6.07, 6.45) is 0.482. The fourth-order valence-corrected chi connectivity index (χ4v) is 2.32. The van der Waals surface area contributed by atoms with Crippen molar-refractivity contribution in [3.63, 3.8) is 0 Å². The predicted molar refractivity (Wildman–Crippen MR) is 79.2 cm³/mol. The molecule has 0 saturated carbocycles. The van der Waals surface area contributed by atoms with Crippen molar-refractivity contribution < 1.29 is 23.9 Å². The smallest absolute Gasteiger partial charge is 0.230 e. The van der Waals surface area contributed by atoms with E-state index >= 15 is 0 Å². The molecule has 116 valence electrons. The van der Waals surface area contributed by atoms with E-state index in [1.165, 1.54) is 4.90 Å². The van der Waals surface area contributed by atoms with E-state index in [0.29, 0.717) is 23.6 Å². The first-order chi connectivity index (χ1) is 10.2. The first-order valence-electron chi connectivity index (χ1n) is 7.16. The van der Waals surface area contributed by atoms with Crippen molar-refractivity contribution in [1.29, 1.82) is 0 Å². The van der Waals surface area contributed by atoms with Gasteiger partial charge in [0.1, 0.15) is 24.6 Å². The number of ether oxygens (including phenoxy) is 3. The molecular formula is C15H23N2O4+. The van der Waals surface area contributed by atoms with Gasteiger partial charge in [0.15, 0.2) is 0 Å². The molecule has 0 spiro atoms. The molecule has 1 heterocycles. The Bertz CT molecular complexity index is 473. The Morgan fingerprint density at radius 2 is 2.05 bits per heavy atom. The minimum atomic E-state index is -0.0134. The van der Waals surface area contributed by atoms with E-state index in [1.54, 1.807) is 32.4 Å². The van der Waals surface area contributed by atoms with Crippen molar-refractivity contribution in [2.24, 2.45) is 0 Å². The number of hydrogen-bond acceptors (Lipinski definition) is 4. The summed E-state index contributed by atoms with van der Waals surface area (Å²) in [7, 11) is 3.17. The molecule has 21 heavy (non-hydrogen) atoms. The Morgan fingerprint density at radius 3 is 2.71 bits per heavy atom. The molecule has 0 radical (unpaired) electrons. The molecule has 6 nitrogen and oxygen atoms in total. The van der Waals surface area contributed by atoms with Crippen LogP contribution in [0.2, 0.25) is 0 Å². The molecule has 1 fully saturated rings. The van der Waals surface area contributed by atoms with Crippen molar-refractivity contribution in [3.05, 3.63) is 18.2 Å². The summed E-state index contributed by atoms with van der Waals surface area (Å²) in [5, 5.41) is 2.89. The largest absolute Gasteiger partial charge is 0.497 e. The Hall–Kier alpha value is -1.79. The topological polar surface area (TPSA) is 61.2 Å². The number of quaternary nitrogens is 1. The maximum atomic E-state index is 12.1. The van der Waals surface area contributed by atoms with Crippen molar-refractivity contribution in [2.45, 2.75) is 6.42 Å². The molecule has 0 aromatic heterocycles. The molecule has 1 aliphatic heterocycles. The second kappa shape index (κ2) is 7.85. The van der Waals surface area contributed by atoms with Crippen LogP contribution in [0.1, 0.15) is 6.42 Å². The lowest BCUT2D eigenvalue weighted by atomic mass is 10.2. The van der Waals surface area contributed by atoms with Crippen LogP contribution in [-0.4, -0.2) is 53.0 Å². The van der Waals surface area contributed by atoms with E-state index in [1.807, 2.05) is 0 Å². The first kappa shape index (κ1) is 15.6. The summed E-state index contributed by atoms with van der Waals surface area (Å²) in [5.41, 5.74) is 0.638. The van der Waals surface area contributed by atoms with Gasteiger partial charge in [-0.2, -0.15) is 0 Å². The van der Waals surface area contributed by atoms with Crippen molar-refractivity contribution in [2.75, 3.05) is 52.4 Å². The van der Waals surface area contributed by atoms with Crippen LogP contribution in [0, 0.1) is 0 Å². The lowest BCUT2D eigenvalue weighted by Crippen LogP contribution is -3.14. The second-order valence-electron chi connectivity index (χ2n) is 4.98. The van der Waals surface area contributed by atoms with E-state index in [2.05, 4.69) is 5.32 Å². The first-order valence-corrected chi connectivity index (χ1v) is 7.16. The number of hydrogen-bond donors (Lipinski definition) is 2. The van der Waals surface area contributed by atoms with Gasteiger partial charge in [-0.3, -0.25) is 4.79 Å². The highest BCUT2D eigenvalue weighted by molar-refractivity contribution is 5.92. The number of amides is 1. The number of nitrogens with one attached hydrogen (secondary N) is 2. The summed E-state index contributed by atoms with van der Waals surface area (Å²) < 4.78 is 15.7. The molecule has 1 aliphatic rings. The molecule has 0 unspecified atom stereocenters. The van der Waals surface area contributed by atoms with E-state index < -0.39 is 0 Å². The maximum Gasteiger partial charge on any atom is 0.230 e. The average Bonchev–Trinajstić information content (AvgIpc) is 2.54. The van der Waals surface area contributed by atoms with Crippen LogP contribution in [0.15, 0.2) is 18.2 Å². The summed E-state index contributed by atoms with van der Waals surface area (Å²) in [6.45, 7) is 4.31. The van der Waals surface area contributed by atoms with Crippen LogP contribution in [0.25, 0.3) is 0 Å². The number of carbonyl (C=O) groups excluding carboxylic acids is 1. The highest BCUT2D eigenvalue weighted by atomic mass is 16.5. The van der Waals surface area contributed by atoms with Gasteiger partial charge in [0.05, 0.1) is 46.1 Å². The molecule has 2 rings (SSSR count). The van der Waals surface area contributed by atoms with Gasteiger partial charge in [-0.1, -0.05) is 0 Å². The standard InChI is InChI=1S/C15H22N2O4/c1-19-12-3-4-14(20-2)13(11-12)16-15(18)5-6-17-7-9-21-10-8-17/h3-4,11H,5-10H2,1-2H3,(H,16,18)/p+1. The highest BCUT2D eigenvalue weighted by Gasteiger charge is 2.16. The van der Waals surface area contributed by atoms with Crippen LogP contribution < -0.4 is 19.7 Å². The maximum absolute atomic E-state index is 12.1. The Kier molecular flexibility index (Phi) is 5.83. The summed E-state index contributed by atoms with van der Waals surface area (Å²) in [6, 6.07) is 5.34. The van der Waals surface area contributed by atoms with Crippen molar-refractivity contribution >= 4 is 11.6 Å². The molecule has 1 saturated heterocycles. The van der Waals surface area contributed by atoms with E-state index in [-0.39, 0.29) is 5.91 Å². The molecule has 0 bridgehead atoms. The SMILES string of the molecule is COc1ccc(OC)c(NC(=O)CC[NH+]2CCOCC2)c1. The molecule has 1 amide bonds. The highest BCUT2D eigenvalue weighted by Crippen LogP contribution is 2.28. The van der Waals surface area contributed by atoms with Gasteiger partial charge < -0.3 is 24.4 Å². The molecule has 1 aromatic carbocycles. The Balaban J connectivity index is 1.89. The number of benzene rings is 1. The summed E-state index contributed by atoms with van der Waals surface area (Å²) in [5.74, 6) is 1.30. The van der Waals surface area contributed by atoms with Gasteiger partial charge in [0, 0.05) is 6.07 Å². The third-order valence-corrected chi connectivity index (χ3v) is 3.59. The monoisotopic (exact) mass is 295 g/mol. The van der Waals surface area contributed by atoms with Gasteiger partial charge in [-0.25, -0.2) is 0 Å². The molecular weight excluding hydrogens is 272 g/mol. The van der Waals surface area contributed by atoms with Crippen LogP contribution in [0.4, 0.5) is 5.69 Å². The van der Waals surface area contributed by atoms with E-state index in [9.17, 15) is 4.79 Å². The fourth-order valence-electron chi connectivity index (χ4n) is 2.32. The van der Waals surface area contributed by atoms with Gasteiger partial charge in [-0.05, 0) is 12.1 Å². The zero-order chi connectivity index (χ0) is 15.1. The fraction of sp³-hybridized carbons (Fsp3) is 0.533. The normalized spacial score (nSPS) is 15.5. The lowest BCUT2D eigenvalue weighted by molar-refractivity contribution is -0.907. The molecule has 0 aliphatic carbocycles. The zero-order valence-corrected chi connectivity index (χ0v) is 12.6. The minimum Gasteiger partial charge on any atom is -0.497 e. The number of rotatable bonds is 6. The predicted octanol–water partition coefficient (Wildman–Crippen LogP) is -0.0525. The molecule has 0 atom stereocenters. The third-order valence-electron chi connectivity index (χ3n) is 3.59. The van der Waals surface area contributed by atoms with Crippen LogP contribution >= 0.6 is 0 Å². The lowest BCUT2D eigenvalue weighted by Gasteiger charge is -2.23. The van der Waals surface area contributed by atoms with Crippen LogP contribution in [0.3, 0.4) is 0 Å². The van der Waals surface area contributed by atoms with Crippen LogP contribution in [0.5, 0.6) is 11.5 Å². The third kappa shape index (κ3) is 4.61. The van der Waals surface area contributed by atoms with Gasteiger partial charge in [-0.15, -0.1) is 0 Å². The van der Waals surface area contributed by atoms with Gasteiger partial charge in [0.2, 0.25) is 5.91 Å². The Labute approximate surface area is 125 Å². The van der Waals surface area contributed by atoms with Gasteiger partial charge >= 0.3 is 0 Å². The number of anilines is 1. The zero-order valence-electron chi connectivity index (χ0n) is 12.6. The molecule has 1 aromatic rings. The number of methoxy groups -OCH3 is 2. The van der Waals surface area contributed by atoms with Crippen molar-refractivity contribution in [1.82, 2.24) is 0 Å². The quantitative estimate of drug-likeness (QED) is 0.772. The minimum absolute atomic E-state index is 0.0134. The van der Waals surface area contributed by atoms with Crippen molar-refractivity contribution in [3.8, 4) is 11.5 Å². The Morgan fingerprint density at radius 1 is 1.29 bits per heavy atom. The second-order valence-corrected chi connectivity index (χ2v) is 4.98. The number of morpholine rings is 1. The van der Waals surface area contributed by atoms with E-state index in [4.69, 9.17) is 14.2 Å². The number of carbonyl (C=O) groups is 1. The van der Waals surface area contributed by atoms with Gasteiger partial charge in [0.25, 0.3) is 0 Å². The molecule has 2 N–H and O–H groups in total. The molecule has 6 heteroatoms. The van der Waals surface area contributed by atoms with Crippen LogP contribution in [-0.2, 0) is 9.53 Å².